The molecule has 1 fully saturated rings. The number of nitrogens with zero attached hydrogens (tertiary/aromatic N) is 1. The molecule has 0 unspecified atom stereocenters. The molecule has 0 atom stereocenters. The zero-order chi connectivity index (χ0) is 16.8. The Morgan fingerprint density at radius 1 is 1.35 bits per heavy atom. The van der Waals surface area contributed by atoms with Crippen molar-refractivity contribution in [3.63, 3.8) is 0 Å². The quantitative estimate of drug-likeness (QED) is 0.846. The van der Waals surface area contributed by atoms with Gasteiger partial charge in [-0.15, -0.1) is 0 Å². The van der Waals surface area contributed by atoms with E-state index in [9.17, 15) is 14.0 Å². The largest absolute Gasteiger partial charge is 0.466 e. The summed E-state index contributed by atoms with van der Waals surface area (Å²) >= 11 is 0. The van der Waals surface area contributed by atoms with Crippen molar-refractivity contribution in [2.75, 3.05) is 31.6 Å². The van der Waals surface area contributed by atoms with Gasteiger partial charge in [-0.1, -0.05) is 6.07 Å². The van der Waals surface area contributed by atoms with Gasteiger partial charge >= 0.3 is 5.97 Å². The van der Waals surface area contributed by atoms with Crippen LogP contribution in [0.3, 0.4) is 0 Å². The van der Waals surface area contributed by atoms with Crippen LogP contribution < -0.4 is 5.32 Å². The number of nitrogens with one attached hydrogen (secondary N) is 1. The van der Waals surface area contributed by atoms with Crippen LogP contribution in [0.25, 0.3) is 0 Å². The average Bonchev–Trinajstić information content (AvgIpc) is 2.54. The summed E-state index contributed by atoms with van der Waals surface area (Å²) in [6, 6.07) is 4.85. The van der Waals surface area contributed by atoms with Gasteiger partial charge in [-0.25, -0.2) is 4.39 Å². The summed E-state index contributed by atoms with van der Waals surface area (Å²) < 4.78 is 18.7. The summed E-state index contributed by atoms with van der Waals surface area (Å²) in [6.07, 6.45) is 1.23. The van der Waals surface area contributed by atoms with Gasteiger partial charge in [0.2, 0.25) is 5.91 Å². The van der Waals surface area contributed by atoms with Crippen LogP contribution in [0.15, 0.2) is 18.2 Å². The van der Waals surface area contributed by atoms with Crippen molar-refractivity contribution in [1.29, 1.82) is 0 Å². The fourth-order valence-electron chi connectivity index (χ4n) is 2.67. The van der Waals surface area contributed by atoms with Crippen molar-refractivity contribution in [2.45, 2.75) is 26.7 Å². The van der Waals surface area contributed by atoms with Gasteiger partial charge in [0.1, 0.15) is 5.82 Å². The molecule has 126 valence electrons. The summed E-state index contributed by atoms with van der Waals surface area (Å²) in [6.45, 7) is 5.08. The van der Waals surface area contributed by atoms with Gasteiger partial charge in [0.15, 0.2) is 0 Å². The smallest absolute Gasteiger partial charge is 0.309 e. The number of amides is 1. The molecule has 1 saturated heterocycles. The van der Waals surface area contributed by atoms with Crippen LogP contribution in [0, 0.1) is 18.7 Å². The summed E-state index contributed by atoms with van der Waals surface area (Å²) in [5, 5.41) is 2.83. The number of piperidine rings is 1. The first-order valence-electron chi connectivity index (χ1n) is 7.95. The number of carbonyl (C=O) groups is 2. The van der Waals surface area contributed by atoms with Crippen molar-refractivity contribution < 1.29 is 18.7 Å². The molecule has 2 rings (SSSR count). The molecule has 1 heterocycles. The molecule has 1 aromatic rings. The molecule has 1 aliphatic rings. The van der Waals surface area contributed by atoms with Crippen LogP contribution in [0.4, 0.5) is 10.1 Å². The molecule has 1 aliphatic heterocycles. The van der Waals surface area contributed by atoms with Gasteiger partial charge in [-0.05, 0) is 44.4 Å². The Morgan fingerprint density at radius 3 is 2.65 bits per heavy atom. The number of esters is 1. The van der Waals surface area contributed by atoms with Crippen molar-refractivity contribution in [2.24, 2.45) is 5.92 Å². The maximum Gasteiger partial charge on any atom is 0.309 e. The van der Waals surface area contributed by atoms with E-state index < -0.39 is 0 Å². The Kier molecular flexibility index (Phi) is 5.96. The highest BCUT2D eigenvalue weighted by Gasteiger charge is 2.27. The summed E-state index contributed by atoms with van der Waals surface area (Å²) in [7, 11) is 0. The SMILES string of the molecule is CCOC(=O)C1CCN(C(=O)CNc2ccc(C)cc2F)CC1. The van der Waals surface area contributed by atoms with Crippen molar-refractivity contribution in [3.05, 3.63) is 29.6 Å². The fraction of sp³-hybridized carbons (Fsp3) is 0.529. The topological polar surface area (TPSA) is 58.6 Å². The maximum atomic E-state index is 13.7. The van der Waals surface area contributed by atoms with Gasteiger partial charge in [0.05, 0.1) is 24.8 Å². The molecule has 0 radical (unpaired) electrons. The number of benzene rings is 1. The Morgan fingerprint density at radius 2 is 2.04 bits per heavy atom. The van der Waals surface area contributed by atoms with E-state index in [1.165, 1.54) is 6.07 Å². The lowest BCUT2D eigenvalue weighted by molar-refractivity contribution is -0.151. The van der Waals surface area contributed by atoms with E-state index >= 15 is 0 Å². The van der Waals surface area contributed by atoms with E-state index in [1.54, 1.807) is 24.0 Å². The first-order valence-corrected chi connectivity index (χ1v) is 7.95. The first kappa shape index (κ1) is 17.2. The number of halogens is 1. The number of carbonyl (C=O) groups excluding carboxylic acids is 2. The van der Waals surface area contributed by atoms with Gasteiger partial charge in [0.25, 0.3) is 0 Å². The lowest BCUT2D eigenvalue weighted by atomic mass is 9.97. The highest BCUT2D eigenvalue weighted by Crippen LogP contribution is 2.19. The third-order valence-corrected chi connectivity index (χ3v) is 4.02. The molecule has 0 bridgehead atoms. The van der Waals surface area contributed by atoms with Crippen LogP contribution in [-0.2, 0) is 14.3 Å². The minimum atomic E-state index is -0.362. The van der Waals surface area contributed by atoms with Gasteiger partial charge in [-0.2, -0.15) is 0 Å². The van der Waals surface area contributed by atoms with Gasteiger partial charge in [-0.3, -0.25) is 9.59 Å². The third-order valence-electron chi connectivity index (χ3n) is 4.02. The van der Waals surface area contributed by atoms with E-state index in [0.29, 0.717) is 38.2 Å². The normalized spacial score (nSPS) is 15.3. The average molecular weight is 322 g/mol. The van der Waals surface area contributed by atoms with Crippen molar-refractivity contribution in [1.82, 2.24) is 4.90 Å². The first-order chi connectivity index (χ1) is 11.0. The zero-order valence-corrected chi connectivity index (χ0v) is 13.6. The molecule has 6 heteroatoms. The predicted octanol–water partition coefficient (Wildman–Crippen LogP) is 2.35. The van der Waals surface area contributed by atoms with Gasteiger partial charge < -0.3 is 15.0 Å². The van der Waals surface area contributed by atoms with E-state index in [-0.39, 0.29) is 30.2 Å². The molecule has 1 aromatic carbocycles. The van der Waals surface area contributed by atoms with Crippen LogP contribution in [0.2, 0.25) is 0 Å². The van der Waals surface area contributed by atoms with Gasteiger partial charge in [0, 0.05) is 13.1 Å². The van der Waals surface area contributed by atoms with E-state index in [4.69, 9.17) is 4.74 Å². The molecule has 1 N–H and O–H groups in total. The fourth-order valence-corrected chi connectivity index (χ4v) is 2.67. The number of anilines is 1. The minimum Gasteiger partial charge on any atom is -0.466 e. The second-order valence-corrected chi connectivity index (χ2v) is 5.74. The van der Waals surface area contributed by atoms with Crippen LogP contribution >= 0.6 is 0 Å². The number of ether oxygens (including phenoxy) is 1. The molecule has 1 amide bonds. The maximum absolute atomic E-state index is 13.7. The molecule has 0 aromatic heterocycles. The van der Waals surface area contributed by atoms with Crippen LogP contribution in [0.5, 0.6) is 0 Å². The molecule has 0 saturated carbocycles. The Hall–Kier alpha value is -2.11. The molecule has 0 aliphatic carbocycles. The lowest BCUT2D eigenvalue weighted by Gasteiger charge is -2.31. The van der Waals surface area contributed by atoms with E-state index in [1.807, 2.05) is 6.92 Å². The summed E-state index contributed by atoms with van der Waals surface area (Å²) in [5.41, 5.74) is 1.16. The zero-order valence-electron chi connectivity index (χ0n) is 13.6. The molecule has 23 heavy (non-hydrogen) atoms. The second kappa shape index (κ2) is 7.94. The number of hydrogen-bond acceptors (Lipinski definition) is 4. The standard InChI is InChI=1S/C17H23FN2O3/c1-3-23-17(22)13-6-8-20(9-7-13)16(21)11-19-15-5-4-12(2)10-14(15)18/h4-5,10,13,19H,3,6-9,11H2,1-2H3. The molecule has 0 spiro atoms. The monoisotopic (exact) mass is 322 g/mol. The molecule has 5 nitrogen and oxygen atoms in total. The predicted molar refractivity (Wildman–Crippen MR) is 85.6 cm³/mol. The Labute approximate surface area is 135 Å². The van der Waals surface area contributed by atoms with Crippen LogP contribution in [-0.4, -0.2) is 43.0 Å². The molecular formula is C17H23FN2O3. The number of likely N-dealkylation sites (tertiary alicyclic amines) is 1. The minimum absolute atomic E-state index is 0.0457. The number of aryl methyl sites for hydroxylation is 1. The summed E-state index contributed by atoms with van der Waals surface area (Å²) in [4.78, 5) is 25.6. The van der Waals surface area contributed by atoms with Crippen LogP contribution in [0.1, 0.15) is 25.3 Å². The van der Waals surface area contributed by atoms with Crippen molar-refractivity contribution >= 4 is 17.6 Å². The summed E-state index contributed by atoms with van der Waals surface area (Å²) in [5.74, 6) is -0.757. The number of rotatable bonds is 5. The Bertz CT molecular complexity index is 569. The Balaban J connectivity index is 1.80. The third kappa shape index (κ3) is 4.68. The second-order valence-electron chi connectivity index (χ2n) is 5.74. The van der Waals surface area contributed by atoms with E-state index in [0.717, 1.165) is 5.56 Å². The highest BCUT2D eigenvalue weighted by molar-refractivity contribution is 5.81. The number of hydrogen-bond donors (Lipinski definition) is 1. The van der Waals surface area contributed by atoms with E-state index in [2.05, 4.69) is 5.32 Å². The van der Waals surface area contributed by atoms with Crippen molar-refractivity contribution in [3.8, 4) is 0 Å². The molecular weight excluding hydrogens is 299 g/mol. The highest BCUT2D eigenvalue weighted by atomic mass is 19.1. The lowest BCUT2D eigenvalue weighted by Crippen LogP contribution is -2.43.